The maximum absolute atomic E-state index is 11.9. The first kappa shape index (κ1) is 10.5. The number of nitrogens with zero attached hydrogens (tertiary/aromatic N) is 2. The van der Waals surface area contributed by atoms with Gasteiger partial charge in [0, 0.05) is 23.9 Å². The third-order valence-corrected chi connectivity index (χ3v) is 2.72. The molecule has 4 nitrogen and oxygen atoms in total. The molecule has 0 saturated heterocycles. The molecule has 2 heterocycles. The van der Waals surface area contributed by atoms with Gasteiger partial charge in [-0.15, -0.1) is 0 Å². The van der Waals surface area contributed by atoms with E-state index in [9.17, 15) is 9.90 Å². The molecule has 0 aliphatic heterocycles. The predicted molar refractivity (Wildman–Crippen MR) is 68.6 cm³/mol. The van der Waals surface area contributed by atoms with Crippen molar-refractivity contribution in [1.82, 2.24) is 9.38 Å². The van der Waals surface area contributed by atoms with Crippen molar-refractivity contribution in [1.29, 1.82) is 0 Å². The largest absolute Gasteiger partial charge is 0.508 e. The molecule has 0 amide bonds. The fourth-order valence-corrected chi connectivity index (χ4v) is 1.85. The summed E-state index contributed by atoms with van der Waals surface area (Å²) in [7, 11) is 0. The summed E-state index contributed by atoms with van der Waals surface area (Å²) in [4.78, 5) is 16.3. The molecule has 0 aliphatic rings. The van der Waals surface area contributed by atoms with E-state index in [1.807, 2.05) is 30.3 Å². The smallest absolute Gasteiger partial charge is 0.258 e. The number of fused-ring (bicyclic) bond motifs is 1. The Bertz CT molecular complexity index is 764. The lowest BCUT2D eigenvalue weighted by Crippen LogP contribution is -2.13. The Hall–Kier alpha value is -2.62. The number of rotatable bonds is 1. The van der Waals surface area contributed by atoms with Crippen LogP contribution in [0.15, 0.2) is 59.5 Å². The SMILES string of the molecule is O=c1cc(-c2ccccc2)nc2cc(O)ccn12. The molecule has 0 atom stereocenters. The van der Waals surface area contributed by atoms with Crippen LogP contribution in [0.3, 0.4) is 0 Å². The van der Waals surface area contributed by atoms with Gasteiger partial charge in [0.25, 0.3) is 5.56 Å². The summed E-state index contributed by atoms with van der Waals surface area (Å²) in [5, 5.41) is 9.43. The van der Waals surface area contributed by atoms with Gasteiger partial charge in [0.1, 0.15) is 11.4 Å². The fourth-order valence-electron chi connectivity index (χ4n) is 1.85. The van der Waals surface area contributed by atoms with Crippen LogP contribution in [0.2, 0.25) is 0 Å². The Labute approximate surface area is 103 Å². The van der Waals surface area contributed by atoms with E-state index in [1.54, 1.807) is 0 Å². The van der Waals surface area contributed by atoms with Crippen molar-refractivity contribution >= 4 is 5.65 Å². The van der Waals surface area contributed by atoms with Gasteiger partial charge in [-0.05, 0) is 6.07 Å². The molecule has 2 aromatic heterocycles. The Morgan fingerprint density at radius 3 is 2.61 bits per heavy atom. The molecular formula is C14H10N2O2. The Morgan fingerprint density at radius 1 is 1.06 bits per heavy atom. The third-order valence-electron chi connectivity index (χ3n) is 2.72. The van der Waals surface area contributed by atoms with Crippen molar-refractivity contribution in [3.63, 3.8) is 0 Å². The van der Waals surface area contributed by atoms with Gasteiger partial charge in [0.2, 0.25) is 0 Å². The lowest BCUT2D eigenvalue weighted by atomic mass is 10.1. The summed E-state index contributed by atoms with van der Waals surface area (Å²) < 4.78 is 1.39. The van der Waals surface area contributed by atoms with E-state index in [0.29, 0.717) is 11.3 Å². The molecule has 0 bridgehead atoms. The van der Waals surface area contributed by atoms with Crippen molar-refractivity contribution in [3.8, 4) is 17.0 Å². The van der Waals surface area contributed by atoms with E-state index in [2.05, 4.69) is 4.98 Å². The van der Waals surface area contributed by atoms with Crippen LogP contribution in [0.25, 0.3) is 16.9 Å². The molecule has 4 heteroatoms. The zero-order valence-electron chi connectivity index (χ0n) is 9.45. The molecule has 0 unspecified atom stereocenters. The molecule has 0 aliphatic carbocycles. The second-order valence-electron chi connectivity index (χ2n) is 3.96. The zero-order valence-corrected chi connectivity index (χ0v) is 9.45. The second-order valence-corrected chi connectivity index (χ2v) is 3.96. The zero-order chi connectivity index (χ0) is 12.5. The summed E-state index contributed by atoms with van der Waals surface area (Å²) >= 11 is 0. The number of benzene rings is 1. The Balaban J connectivity index is 2.30. The number of hydrogen-bond acceptors (Lipinski definition) is 3. The van der Waals surface area contributed by atoms with Crippen molar-refractivity contribution in [2.24, 2.45) is 0 Å². The second kappa shape index (κ2) is 4.00. The summed E-state index contributed by atoms with van der Waals surface area (Å²) in [5.41, 5.74) is 1.74. The highest BCUT2D eigenvalue weighted by Crippen LogP contribution is 2.16. The van der Waals surface area contributed by atoms with Crippen LogP contribution in [-0.4, -0.2) is 14.5 Å². The molecule has 3 aromatic rings. The van der Waals surface area contributed by atoms with Crippen LogP contribution in [0.1, 0.15) is 0 Å². The average Bonchev–Trinajstić information content (AvgIpc) is 2.39. The van der Waals surface area contributed by atoms with E-state index in [4.69, 9.17) is 0 Å². The topological polar surface area (TPSA) is 54.6 Å². The van der Waals surface area contributed by atoms with E-state index < -0.39 is 0 Å². The van der Waals surface area contributed by atoms with Crippen LogP contribution in [0, 0.1) is 0 Å². The summed E-state index contributed by atoms with van der Waals surface area (Å²) in [6.45, 7) is 0. The Kier molecular flexibility index (Phi) is 2.34. The summed E-state index contributed by atoms with van der Waals surface area (Å²) in [6, 6.07) is 13.9. The number of hydrogen-bond donors (Lipinski definition) is 1. The minimum absolute atomic E-state index is 0.0899. The standard InChI is InChI=1S/C14H10N2O2/c17-11-6-7-16-13(8-11)15-12(9-14(16)18)10-4-2-1-3-5-10/h1-9,17H. The maximum Gasteiger partial charge on any atom is 0.258 e. The van der Waals surface area contributed by atoms with Gasteiger partial charge in [0.15, 0.2) is 0 Å². The molecule has 0 radical (unpaired) electrons. The van der Waals surface area contributed by atoms with Crippen LogP contribution in [0.5, 0.6) is 5.75 Å². The number of aromatic hydroxyl groups is 1. The molecule has 0 fully saturated rings. The van der Waals surface area contributed by atoms with Gasteiger partial charge in [-0.1, -0.05) is 30.3 Å². The number of aromatic nitrogens is 2. The van der Waals surface area contributed by atoms with Gasteiger partial charge in [0.05, 0.1) is 5.69 Å². The van der Waals surface area contributed by atoms with Crippen molar-refractivity contribution in [2.45, 2.75) is 0 Å². The molecular weight excluding hydrogens is 228 g/mol. The van der Waals surface area contributed by atoms with Crippen LogP contribution in [0.4, 0.5) is 0 Å². The van der Waals surface area contributed by atoms with Gasteiger partial charge < -0.3 is 5.11 Å². The van der Waals surface area contributed by atoms with Crippen LogP contribution in [-0.2, 0) is 0 Å². The highest BCUT2D eigenvalue weighted by Gasteiger charge is 2.04. The van der Waals surface area contributed by atoms with Crippen LogP contribution >= 0.6 is 0 Å². The van der Waals surface area contributed by atoms with Crippen LogP contribution < -0.4 is 5.56 Å². The minimum atomic E-state index is -0.168. The van der Waals surface area contributed by atoms with E-state index in [1.165, 1.54) is 28.8 Å². The van der Waals surface area contributed by atoms with E-state index >= 15 is 0 Å². The van der Waals surface area contributed by atoms with E-state index in [0.717, 1.165) is 5.56 Å². The first-order valence-corrected chi connectivity index (χ1v) is 5.52. The molecule has 0 spiro atoms. The third kappa shape index (κ3) is 1.73. The summed E-state index contributed by atoms with van der Waals surface area (Å²) in [6.07, 6.45) is 1.51. The lowest BCUT2D eigenvalue weighted by Gasteiger charge is -2.04. The normalized spacial score (nSPS) is 10.7. The molecule has 0 saturated carbocycles. The van der Waals surface area contributed by atoms with Crippen molar-refractivity contribution < 1.29 is 5.11 Å². The first-order chi connectivity index (χ1) is 8.74. The minimum Gasteiger partial charge on any atom is -0.508 e. The van der Waals surface area contributed by atoms with E-state index in [-0.39, 0.29) is 11.3 Å². The van der Waals surface area contributed by atoms with Crippen molar-refractivity contribution in [3.05, 3.63) is 65.1 Å². The van der Waals surface area contributed by atoms with Gasteiger partial charge in [-0.2, -0.15) is 0 Å². The molecule has 18 heavy (non-hydrogen) atoms. The lowest BCUT2D eigenvalue weighted by molar-refractivity contribution is 0.475. The highest BCUT2D eigenvalue weighted by molar-refractivity contribution is 5.61. The fraction of sp³-hybridized carbons (Fsp3) is 0. The summed E-state index contributed by atoms with van der Waals surface area (Å²) in [5.74, 6) is 0.0899. The molecule has 1 aromatic carbocycles. The Morgan fingerprint density at radius 2 is 1.83 bits per heavy atom. The molecule has 1 N–H and O–H groups in total. The first-order valence-electron chi connectivity index (χ1n) is 5.52. The molecule has 3 rings (SSSR count). The number of pyridine rings is 1. The van der Waals surface area contributed by atoms with Crippen molar-refractivity contribution in [2.75, 3.05) is 0 Å². The average molecular weight is 238 g/mol. The quantitative estimate of drug-likeness (QED) is 0.706. The molecule has 88 valence electrons. The highest BCUT2D eigenvalue weighted by atomic mass is 16.3. The van der Waals surface area contributed by atoms with Gasteiger partial charge in [-0.3, -0.25) is 9.20 Å². The van der Waals surface area contributed by atoms with Gasteiger partial charge in [-0.25, -0.2) is 4.98 Å². The predicted octanol–water partition coefficient (Wildman–Crippen LogP) is 2.07. The maximum atomic E-state index is 11.9. The monoisotopic (exact) mass is 238 g/mol. The van der Waals surface area contributed by atoms with Gasteiger partial charge >= 0.3 is 0 Å².